The second-order valence-electron chi connectivity index (χ2n) is 2.46. The maximum Gasteiger partial charge on any atom is 2.00 e. The van der Waals surface area contributed by atoms with E-state index in [-0.39, 0.29) is 40.0 Å². The van der Waals surface area contributed by atoms with Gasteiger partial charge in [-0.05, 0) is 6.42 Å². The predicted molar refractivity (Wildman–Crippen MR) is 51.0 cm³/mol. The van der Waals surface area contributed by atoms with E-state index in [2.05, 4.69) is 13.0 Å². The van der Waals surface area contributed by atoms with Crippen LogP contribution in [0, 0.1) is 6.07 Å². The molecule has 1 aromatic carbocycles. The van der Waals surface area contributed by atoms with Gasteiger partial charge in [0.25, 0.3) is 0 Å². The van der Waals surface area contributed by atoms with Crippen LogP contribution >= 0.6 is 0 Å². The van der Waals surface area contributed by atoms with E-state index in [1.54, 1.807) is 0 Å². The molecule has 1 rings (SSSR count). The molecule has 0 bridgehead atoms. The zero-order valence-electron chi connectivity index (χ0n) is 7.92. The summed E-state index contributed by atoms with van der Waals surface area (Å²) in [5.41, 5.74) is 1.22. The summed E-state index contributed by atoms with van der Waals surface area (Å²) >= 11 is 0. The minimum absolute atomic E-state index is 0. The van der Waals surface area contributed by atoms with Crippen molar-refractivity contribution in [1.29, 1.82) is 0 Å². The Balaban J connectivity index is 0. The Hall–Kier alpha value is 0.426. The molecule has 0 saturated carbocycles. The third-order valence-corrected chi connectivity index (χ3v) is 1.40. The van der Waals surface area contributed by atoms with E-state index >= 15 is 0 Å². The molecule has 0 unspecified atom stereocenters. The van der Waals surface area contributed by atoms with Gasteiger partial charge in [-0.15, -0.1) is 5.56 Å². The smallest absolute Gasteiger partial charge is 1.00 e. The Kier molecular flexibility index (Phi) is 12.8. The number of halogens is 1. The molecule has 0 aliphatic carbocycles. The molecule has 68 valence electrons. The Labute approximate surface area is 107 Å². The molecular formula is C10H13BrMgO. The number of rotatable bonds is 4. The number of hydrogen-bond acceptors (Lipinski definition) is 1. The number of benzene rings is 1. The SMILES string of the molecule is CCCOCc1cc[c-]cc1.[Br-].[Mg+2]. The van der Waals surface area contributed by atoms with Crippen LogP contribution in [0.3, 0.4) is 0 Å². The summed E-state index contributed by atoms with van der Waals surface area (Å²) in [6.07, 6.45) is 1.08. The third kappa shape index (κ3) is 7.49. The molecule has 13 heavy (non-hydrogen) atoms. The summed E-state index contributed by atoms with van der Waals surface area (Å²) in [5, 5.41) is 0. The molecule has 3 heteroatoms. The molecule has 0 aliphatic heterocycles. The van der Waals surface area contributed by atoms with Crippen molar-refractivity contribution < 1.29 is 21.7 Å². The predicted octanol–water partition coefficient (Wildman–Crippen LogP) is -0.963. The van der Waals surface area contributed by atoms with Crippen LogP contribution in [0.25, 0.3) is 0 Å². The van der Waals surface area contributed by atoms with Crippen molar-refractivity contribution in [3.63, 3.8) is 0 Å². The average molecular weight is 253 g/mol. The van der Waals surface area contributed by atoms with E-state index in [0.29, 0.717) is 0 Å². The Morgan fingerprint density at radius 2 is 1.92 bits per heavy atom. The Morgan fingerprint density at radius 1 is 1.31 bits per heavy atom. The fourth-order valence-electron chi connectivity index (χ4n) is 0.852. The van der Waals surface area contributed by atoms with Crippen LogP contribution in [0.15, 0.2) is 24.3 Å². The molecule has 1 aromatic rings. The van der Waals surface area contributed by atoms with Gasteiger partial charge in [0.1, 0.15) is 0 Å². The van der Waals surface area contributed by atoms with Gasteiger partial charge in [0.2, 0.25) is 0 Å². The van der Waals surface area contributed by atoms with Crippen LogP contribution in [0.2, 0.25) is 0 Å². The first-order valence-electron chi connectivity index (χ1n) is 3.96. The molecule has 0 radical (unpaired) electrons. The molecule has 0 aliphatic rings. The molecular weight excluding hydrogens is 240 g/mol. The first kappa shape index (κ1) is 15.9. The minimum atomic E-state index is 0. The summed E-state index contributed by atoms with van der Waals surface area (Å²) in [6.45, 7) is 3.68. The van der Waals surface area contributed by atoms with Crippen LogP contribution in [-0.2, 0) is 11.3 Å². The van der Waals surface area contributed by atoms with Crippen molar-refractivity contribution in [2.75, 3.05) is 6.61 Å². The van der Waals surface area contributed by atoms with Gasteiger partial charge in [-0.3, -0.25) is 0 Å². The molecule has 0 saturated heterocycles. The van der Waals surface area contributed by atoms with Crippen molar-refractivity contribution in [1.82, 2.24) is 0 Å². The molecule has 0 heterocycles. The van der Waals surface area contributed by atoms with Crippen molar-refractivity contribution in [2.24, 2.45) is 0 Å². The van der Waals surface area contributed by atoms with E-state index in [1.807, 2.05) is 24.3 Å². The molecule has 0 aromatic heterocycles. The van der Waals surface area contributed by atoms with Crippen molar-refractivity contribution in [3.8, 4) is 0 Å². The van der Waals surface area contributed by atoms with Gasteiger partial charge in [0.15, 0.2) is 0 Å². The summed E-state index contributed by atoms with van der Waals surface area (Å²) in [7, 11) is 0. The molecule has 0 fully saturated rings. The van der Waals surface area contributed by atoms with E-state index in [4.69, 9.17) is 4.74 Å². The van der Waals surface area contributed by atoms with E-state index < -0.39 is 0 Å². The molecule has 1 nitrogen and oxygen atoms in total. The van der Waals surface area contributed by atoms with Gasteiger partial charge in [0.05, 0.1) is 0 Å². The van der Waals surface area contributed by atoms with Gasteiger partial charge in [0, 0.05) is 13.2 Å². The molecule has 0 N–H and O–H groups in total. The van der Waals surface area contributed by atoms with Crippen LogP contribution in [0.4, 0.5) is 0 Å². The second-order valence-corrected chi connectivity index (χ2v) is 2.46. The zero-order valence-corrected chi connectivity index (χ0v) is 10.9. The quantitative estimate of drug-likeness (QED) is 0.381. The van der Waals surface area contributed by atoms with E-state index in [9.17, 15) is 0 Å². The fraction of sp³-hybridized carbons (Fsp3) is 0.400. The Bertz CT molecular complexity index is 191. The first-order valence-corrected chi connectivity index (χ1v) is 3.96. The van der Waals surface area contributed by atoms with E-state index in [1.165, 1.54) is 5.56 Å². The molecule has 0 atom stereocenters. The van der Waals surface area contributed by atoms with Crippen molar-refractivity contribution >= 4 is 23.1 Å². The third-order valence-electron chi connectivity index (χ3n) is 1.40. The van der Waals surface area contributed by atoms with Crippen molar-refractivity contribution in [3.05, 3.63) is 35.9 Å². The minimum Gasteiger partial charge on any atom is -1.00 e. The van der Waals surface area contributed by atoms with Gasteiger partial charge in [-0.25, -0.2) is 0 Å². The monoisotopic (exact) mass is 252 g/mol. The normalized spacial score (nSPS) is 8.38. The zero-order chi connectivity index (χ0) is 7.94. The average Bonchev–Trinajstić information content (AvgIpc) is 2.07. The fourth-order valence-corrected chi connectivity index (χ4v) is 0.852. The standard InChI is InChI=1S/C10H13O.BrH.Mg/c1-2-8-11-9-10-6-4-3-5-7-10;;/h4-7H,2,8-9H2,1H3;1H;/q-1;;+2/p-1. The maximum absolute atomic E-state index is 5.35. The molecule has 0 amide bonds. The number of ether oxygens (including phenoxy) is 1. The van der Waals surface area contributed by atoms with Gasteiger partial charge >= 0.3 is 23.1 Å². The van der Waals surface area contributed by atoms with Gasteiger partial charge in [-0.2, -0.15) is 30.3 Å². The maximum atomic E-state index is 5.35. The summed E-state index contributed by atoms with van der Waals surface area (Å²) < 4.78 is 5.35. The van der Waals surface area contributed by atoms with Gasteiger partial charge < -0.3 is 21.7 Å². The summed E-state index contributed by atoms with van der Waals surface area (Å²) in [6, 6.07) is 10.8. The summed E-state index contributed by atoms with van der Waals surface area (Å²) in [5.74, 6) is 0. The van der Waals surface area contributed by atoms with Crippen LogP contribution in [0.1, 0.15) is 18.9 Å². The number of hydrogen-bond donors (Lipinski definition) is 0. The topological polar surface area (TPSA) is 9.23 Å². The van der Waals surface area contributed by atoms with Crippen LogP contribution < -0.4 is 17.0 Å². The largest absolute Gasteiger partial charge is 2.00 e. The molecule has 0 spiro atoms. The van der Waals surface area contributed by atoms with Crippen LogP contribution in [0.5, 0.6) is 0 Å². The summed E-state index contributed by atoms with van der Waals surface area (Å²) in [4.78, 5) is 0. The first-order chi connectivity index (χ1) is 5.43. The Morgan fingerprint density at radius 3 is 2.46 bits per heavy atom. The van der Waals surface area contributed by atoms with Gasteiger partial charge in [-0.1, -0.05) is 6.92 Å². The second kappa shape index (κ2) is 10.5. The van der Waals surface area contributed by atoms with Crippen LogP contribution in [-0.4, -0.2) is 29.7 Å². The van der Waals surface area contributed by atoms with Crippen molar-refractivity contribution in [2.45, 2.75) is 20.0 Å². The van der Waals surface area contributed by atoms with E-state index in [0.717, 1.165) is 19.6 Å².